The van der Waals surface area contributed by atoms with E-state index < -0.39 is 10.0 Å². The lowest BCUT2D eigenvalue weighted by molar-refractivity contribution is 0.400. The van der Waals surface area contributed by atoms with Crippen LogP contribution in [0.2, 0.25) is 0 Å². The molecule has 0 amide bonds. The van der Waals surface area contributed by atoms with Crippen LogP contribution in [0.15, 0.2) is 23.1 Å². The van der Waals surface area contributed by atoms with Crippen LogP contribution in [0.1, 0.15) is 6.42 Å². The highest BCUT2D eigenvalue weighted by Gasteiger charge is 2.15. The standard InChI is InChI=1S/C12H19IN2O3S/c1-15(2)8-4-7-14-19(16,17)10-5-6-12(18-3)11(13)9-10/h5-6,9,14H,4,7-8H2,1-3H3. The number of nitrogens with one attached hydrogen (secondary N) is 1. The summed E-state index contributed by atoms with van der Waals surface area (Å²) in [6, 6.07) is 4.82. The van der Waals surface area contributed by atoms with Crippen LogP contribution in [0.25, 0.3) is 0 Å². The van der Waals surface area contributed by atoms with E-state index in [2.05, 4.69) is 27.3 Å². The second-order valence-electron chi connectivity index (χ2n) is 4.35. The average molecular weight is 398 g/mol. The smallest absolute Gasteiger partial charge is 0.240 e. The van der Waals surface area contributed by atoms with E-state index in [1.165, 1.54) is 0 Å². The number of ether oxygens (including phenoxy) is 1. The Morgan fingerprint density at radius 3 is 2.58 bits per heavy atom. The minimum Gasteiger partial charge on any atom is -0.496 e. The predicted molar refractivity (Wildman–Crippen MR) is 84.1 cm³/mol. The van der Waals surface area contributed by atoms with Crippen molar-refractivity contribution in [3.63, 3.8) is 0 Å². The third-order valence-corrected chi connectivity index (χ3v) is 4.81. The highest BCUT2D eigenvalue weighted by molar-refractivity contribution is 14.1. The molecule has 1 rings (SSSR count). The highest BCUT2D eigenvalue weighted by atomic mass is 127. The van der Waals surface area contributed by atoms with Gasteiger partial charge in [-0.2, -0.15) is 0 Å². The highest BCUT2D eigenvalue weighted by Crippen LogP contribution is 2.23. The van der Waals surface area contributed by atoms with E-state index in [0.717, 1.165) is 16.5 Å². The van der Waals surface area contributed by atoms with E-state index in [1.807, 2.05) is 19.0 Å². The first-order valence-electron chi connectivity index (χ1n) is 5.85. The molecule has 108 valence electrons. The van der Waals surface area contributed by atoms with Gasteiger partial charge in [0.25, 0.3) is 0 Å². The van der Waals surface area contributed by atoms with Gasteiger partial charge in [0.15, 0.2) is 0 Å². The number of hydrogen-bond acceptors (Lipinski definition) is 4. The molecular weight excluding hydrogens is 379 g/mol. The predicted octanol–water partition coefficient (Wildman–Crippen LogP) is 1.53. The summed E-state index contributed by atoms with van der Waals surface area (Å²) in [5.41, 5.74) is 0. The fourth-order valence-corrected chi connectivity index (χ4v) is 3.55. The molecule has 0 atom stereocenters. The maximum Gasteiger partial charge on any atom is 0.240 e. The van der Waals surface area contributed by atoms with Crippen LogP contribution in [0, 0.1) is 3.57 Å². The van der Waals surface area contributed by atoms with Crippen molar-refractivity contribution in [1.82, 2.24) is 9.62 Å². The van der Waals surface area contributed by atoms with E-state index in [-0.39, 0.29) is 4.90 Å². The molecule has 5 nitrogen and oxygen atoms in total. The number of benzene rings is 1. The van der Waals surface area contributed by atoms with Gasteiger partial charge in [-0.15, -0.1) is 0 Å². The fourth-order valence-electron chi connectivity index (χ4n) is 1.50. The van der Waals surface area contributed by atoms with Crippen LogP contribution in [-0.4, -0.2) is 47.6 Å². The molecule has 0 radical (unpaired) electrons. The zero-order chi connectivity index (χ0) is 14.5. The Kier molecular flexibility index (Phi) is 6.51. The van der Waals surface area contributed by atoms with Gasteiger partial charge in [0.1, 0.15) is 5.75 Å². The van der Waals surface area contributed by atoms with Gasteiger partial charge in [0.2, 0.25) is 10.0 Å². The molecule has 1 aromatic carbocycles. The third-order valence-electron chi connectivity index (χ3n) is 2.51. The zero-order valence-electron chi connectivity index (χ0n) is 11.3. The number of sulfonamides is 1. The molecule has 1 N–H and O–H groups in total. The molecule has 7 heteroatoms. The number of halogens is 1. The molecule has 0 aliphatic rings. The molecule has 0 aromatic heterocycles. The van der Waals surface area contributed by atoms with Gasteiger partial charge in [-0.1, -0.05) is 0 Å². The molecule has 0 bridgehead atoms. The number of rotatable bonds is 7. The van der Waals surface area contributed by atoms with Crippen LogP contribution in [0.5, 0.6) is 5.75 Å². The van der Waals surface area contributed by atoms with Gasteiger partial charge in [-0.3, -0.25) is 0 Å². The average Bonchev–Trinajstić information content (AvgIpc) is 2.34. The second-order valence-corrected chi connectivity index (χ2v) is 7.28. The first-order valence-corrected chi connectivity index (χ1v) is 8.41. The molecule has 0 spiro atoms. The summed E-state index contributed by atoms with van der Waals surface area (Å²) in [6.45, 7) is 1.28. The third kappa shape index (κ3) is 5.25. The minimum absolute atomic E-state index is 0.266. The number of nitrogens with zero attached hydrogens (tertiary/aromatic N) is 1. The Labute approximate surface area is 128 Å². The van der Waals surface area contributed by atoms with Gasteiger partial charge < -0.3 is 9.64 Å². The molecular formula is C12H19IN2O3S. The van der Waals surface area contributed by atoms with Crippen LogP contribution in [0.4, 0.5) is 0 Å². The van der Waals surface area contributed by atoms with Crippen LogP contribution >= 0.6 is 22.6 Å². The van der Waals surface area contributed by atoms with Crippen molar-refractivity contribution in [2.75, 3.05) is 34.3 Å². The quantitative estimate of drug-likeness (QED) is 0.559. The first kappa shape index (κ1) is 16.7. The molecule has 1 aromatic rings. The van der Waals surface area contributed by atoms with Crippen molar-refractivity contribution in [2.24, 2.45) is 0 Å². The lowest BCUT2D eigenvalue weighted by Crippen LogP contribution is -2.27. The van der Waals surface area contributed by atoms with Gasteiger partial charge in [-0.05, 0) is 67.9 Å². The van der Waals surface area contributed by atoms with Gasteiger partial charge in [0, 0.05) is 6.54 Å². The fraction of sp³-hybridized carbons (Fsp3) is 0.500. The van der Waals surface area contributed by atoms with E-state index in [0.29, 0.717) is 12.3 Å². The normalized spacial score (nSPS) is 11.8. The summed E-state index contributed by atoms with van der Waals surface area (Å²) in [6.07, 6.45) is 0.777. The summed E-state index contributed by atoms with van der Waals surface area (Å²) < 4.78 is 32.6. The summed E-state index contributed by atoms with van der Waals surface area (Å²) in [5, 5.41) is 0. The Balaban J connectivity index is 2.69. The lowest BCUT2D eigenvalue weighted by atomic mass is 10.3. The van der Waals surface area contributed by atoms with E-state index >= 15 is 0 Å². The van der Waals surface area contributed by atoms with Crippen molar-refractivity contribution in [3.8, 4) is 5.75 Å². The molecule has 0 aliphatic carbocycles. The van der Waals surface area contributed by atoms with Crippen molar-refractivity contribution >= 4 is 32.6 Å². The molecule has 0 heterocycles. The van der Waals surface area contributed by atoms with Crippen molar-refractivity contribution in [3.05, 3.63) is 21.8 Å². The first-order chi connectivity index (χ1) is 8.86. The lowest BCUT2D eigenvalue weighted by Gasteiger charge is -2.11. The Morgan fingerprint density at radius 1 is 1.37 bits per heavy atom. The topological polar surface area (TPSA) is 58.6 Å². The summed E-state index contributed by atoms with van der Waals surface area (Å²) in [5.74, 6) is 0.673. The monoisotopic (exact) mass is 398 g/mol. The number of methoxy groups -OCH3 is 1. The molecule has 0 aliphatic heterocycles. The van der Waals surface area contributed by atoms with E-state index in [9.17, 15) is 8.42 Å². The van der Waals surface area contributed by atoms with Gasteiger partial charge in [-0.25, -0.2) is 13.1 Å². The number of hydrogen-bond donors (Lipinski definition) is 1. The van der Waals surface area contributed by atoms with Crippen molar-refractivity contribution in [1.29, 1.82) is 0 Å². The van der Waals surface area contributed by atoms with Crippen LogP contribution in [-0.2, 0) is 10.0 Å². The van der Waals surface area contributed by atoms with Crippen molar-refractivity contribution in [2.45, 2.75) is 11.3 Å². The van der Waals surface area contributed by atoms with Crippen molar-refractivity contribution < 1.29 is 13.2 Å². The second kappa shape index (κ2) is 7.41. The Bertz CT molecular complexity index is 518. The molecule has 0 saturated carbocycles. The summed E-state index contributed by atoms with van der Waals surface area (Å²) in [4.78, 5) is 2.28. The van der Waals surface area contributed by atoms with Crippen LogP contribution < -0.4 is 9.46 Å². The minimum atomic E-state index is -3.43. The molecule has 19 heavy (non-hydrogen) atoms. The van der Waals surface area contributed by atoms with Gasteiger partial charge in [0.05, 0.1) is 15.6 Å². The maximum atomic E-state index is 12.1. The summed E-state index contributed by atoms with van der Waals surface area (Å²) in [7, 11) is 2.04. The van der Waals surface area contributed by atoms with Crippen LogP contribution in [0.3, 0.4) is 0 Å². The molecule has 0 fully saturated rings. The van der Waals surface area contributed by atoms with Gasteiger partial charge >= 0.3 is 0 Å². The summed E-state index contributed by atoms with van der Waals surface area (Å²) >= 11 is 2.06. The molecule has 0 saturated heterocycles. The zero-order valence-corrected chi connectivity index (χ0v) is 14.3. The largest absolute Gasteiger partial charge is 0.496 e. The SMILES string of the molecule is COc1ccc(S(=O)(=O)NCCCN(C)C)cc1I. The Morgan fingerprint density at radius 2 is 2.05 bits per heavy atom. The Hall–Kier alpha value is -0.380. The maximum absolute atomic E-state index is 12.1. The van der Waals surface area contributed by atoms with E-state index in [1.54, 1.807) is 25.3 Å². The molecule has 0 unspecified atom stereocenters. The van der Waals surface area contributed by atoms with E-state index in [4.69, 9.17) is 4.74 Å².